The second kappa shape index (κ2) is 4.43. The molecule has 5 atom stereocenters. The first-order valence-corrected chi connectivity index (χ1v) is 5.30. The van der Waals surface area contributed by atoms with E-state index in [1.54, 1.807) is 7.11 Å². The van der Waals surface area contributed by atoms with Crippen molar-refractivity contribution in [1.29, 1.82) is 0 Å². The van der Waals surface area contributed by atoms with Crippen molar-refractivity contribution in [2.45, 2.75) is 46.5 Å². The number of hydrogen-bond donors (Lipinski definition) is 0. The molecule has 1 aliphatic rings. The molecule has 0 aliphatic carbocycles. The molecule has 1 aliphatic heterocycles. The van der Waals surface area contributed by atoms with Gasteiger partial charge < -0.3 is 9.47 Å². The Bertz CT molecular complexity index is 138. The Morgan fingerprint density at radius 3 is 2.15 bits per heavy atom. The predicted molar refractivity (Wildman–Crippen MR) is 53.5 cm³/mol. The van der Waals surface area contributed by atoms with E-state index >= 15 is 0 Å². The highest BCUT2D eigenvalue weighted by molar-refractivity contribution is 4.81. The van der Waals surface area contributed by atoms with Crippen LogP contribution in [0.2, 0.25) is 0 Å². The highest BCUT2D eigenvalue weighted by Crippen LogP contribution is 2.36. The fraction of sp³-hybridized carbons (Fsp3) is 1.00. The third kappa shape index (κ3) is 2.05. The third-order valence-electron chi connectivity index (χ3n) is 3.62. The first kappa shape index (κ1) is 11.0. The molecule has 78 valence electrons. The Hall–Kier alpha value is -0.0800. The molecule has 0 radical (unpaired) electrons. The lowest BCUT2D eigenvalue weighted by atomic mass is 9.78. The lowest BCUT2D eigenvalue weighted by molar-refractivity contribution is -0.237. The van der Waals surface area contributed by atoms with Crippen LogP contribution in [0.5, 0.6) is 0 Å². The van der Waals surface area contributed by atoms with Crippen molar-refractivity contribution in [2.75, 3.05) is 7.11 Å². The quantitative estimate of drug-likeness (QED) is 0.660. The molecule has 2 nitrogen and oxygen atoms in total. The number of methoxy groups -OCH3 is 1. The summed E-state index contributed by atoms with van der Waals surface area (Å²) in [6.07, 6.45) is 1.45. The molecule has 0 aromatic rings. The zero-order chi connectivity index (χ0) is 10.0. The molecule has 0 bridgehead atoms. The first-order chi connectivity index (χ1) is 6.11. The van der Waals surface area contributed by atoms with Gasteiger partial charge in [-0.2, -0.15) is 0 Å². The number of hydrogen-bond acceptors (Lipinski definition) is 2. The van der Waals surface area contributed by atoms with E-state index in [9.17, 15) is 0 Å². The lowest BCUT2D eigenvalue weighted by Crippen LogP contribution is -2.45. The molecule has 2 heteroatoms. The Morgan fingerprint density at radius 2 is 1.69 bits per heavy atom. The van der Waals surface area contributed by atoms with Crippen LogP contribution in [0.25, 0.3) is 0 Å². The number of ether oxygens (including phenoxy) is 2. The predicted octanol–water partition coefficient (Wildman–Crippen LogP) is 2.68. The molecule has 1 heterocycles. The SMILES string of the molecule is CCC1O[C@@H](OC)C(C)[C@@H](C)[C@H]1C. The normalized spacial score (nSPS) is 46.4. The zero-order valence-corrected chi connectivity index (χ0v) is 9.41. The minimum absolute atomic E-state index is 0.00356. The van der Waals surface area contributed by atoms with E-state index in [4.69, 9.17) is 9.47 Å². The summed E-state index contributed by atoms with van der Waals surface area (Å²) in [6, 6.07) is 0. The molecule has 1 fully saturated rings. The second-order valence-corrected chi connectivity index (χ2v) is 4.26. The van der Waals surface area contributed by atoms with Crippen LogP contribution in [0.4, 0.5) is 0 Å². The van der Waals surface area contributed by atoms with Gasteiger partial charge in [0.1, 0.15) is 0 Å². The van der Waals surface area contributed by atoms with Crippen LogP contribution in [0.15, 0.2) is 0 Å². The van der Waals surface area contributed by atoms with Crippen LogP contribution in [0.3, 0.4) is 0 Å². The van der Waals surface area contributed by atoms with Crippen LogP contribution >= 0.6 is 0 Å². The van der Waals surface area contributed by atoms with Gasteiger partial charge in [0.2, 0.25) is 0 Å². The summed E-state index contributed by atoms with van der Waals surface area (Å²) < 4.78 is 11.2. The fourth-order valence-electron chi connectivity index (χ4n) is 2.22. The average molecular weight is 186 g/mol. The van der Waals surface area contributed by atoms with E-state index in [2.05, 4.69) is 27.7 Å². The molecule has 0 N–H and O–H groups in total. The number of rotatable bonds is 2. The summed E-state index contributed by atoms with van der Waals surface area (Å²) in [5.74, 6) is 1.83. The fourth-order valence-corrected chi connectivity index (χ4v) is 2.22. The minimum Gasteiger partial charge on any atom is -0.356 e. The van der Waals surface area contributed by atoms with Crippen molar-refractivity contribution >= 4 is 0 Å². The molecule has 0 aromatic carbocycles. The summed E-state index contributed by atoms with van der Waals surface area (Å²) >= 11 is 0. The molecule has 2 unspecified atom stereocenters. The molecule has 13 heavy (non-hydrogen) atoms. The van der Waals surface area contributed by atoms with Gasteiger partial charge >= 0.3 is 0 Å². The van der Waals surface area contributed by atoms with Crippen LogP contribution in [0.1, 0.15) is 34.1 Å². The Labute approximate surface area is 81.6 Å². The lowest BCUT2D eigenvalue weighted by Gasteiger charge is -2.42. The van der Waals surface area contributed by atoms with E-state index in [1.807, 2.05) is 0 Å². The van der Waals surface area contributed by atoms with E-state index in [0.29, 0.717) is 23.9 Å². The van der Waals surface area contributed by atoms with E-state index < -0.39 is 0 Å². The van der Waals surface area contributed by atoms with Gasteiger partial charge in [-0.1, -0.05) is 27.7 Å². The zero-order valence-electron chi connectivity index (χ0n) is 9.41. The molecule has 0 spiro atoms. The Kier molecular flexibility index (Phi) is 3.74. The Morgan fingerprint density at radius 1 is 1.08 bits per heavy atom. The van der Waals surface area contributed by atoms with E-state index in [0.717, 1.165) is 6.42 Å². The summed E-state index contributed by atoms with van der Waals surface area (Å²) in [4.78, 5) is 0. The average Bonchev–Trinajstić information content (AvgIpc) is 2.15. The van der Waals surface area contributed by atoms with Gasteiger partial charge in [-0.3, -0.25) is 0 Å². The minimum atomic E-state index is -0.00356. The topological polar surface area (TPSA) is 18.5 Å². The maximum absolute atomic E-state index is 5.86. The first-order valence-electron chi connectivity index (χ1n) is 5.30. The molecule has 0 saturated carbocycles. The van der Waals surface area contributed by atoms with Gasteiger partial charge in [0.05, 0.1) is 6.10 Å². The highest BCUT2D eigenvalue weighted by Gasteiger charge is 2.38. The Balaban J connectivity index is 2.66. The molecule has 0 aromatic heterocycles. The molecule has 1 saturated heterocycles. The maximum atomic E-state index is 5.86. The second-order valence-electron chi connectivity index (χ2n) is 4.26. The van der Waals surface area contributed by atoms with E-state index in [1.165, 1.54) is 0 Å². The summed E-state index contributed by atoms with van der Waals surface area (Å²) in [7, 11) is 1.73. The maximum Gasteiger partial charge on any atom is 0.160 e. The molecule has 1 rings (SSSR count). The van der Waals surface area contributed by atoms with Crippen molar-refractivity contribution < 1.29 is 9.47 Å². The van der Waals surface area contributed by atoms with Crippen molar-refractivity contribution in [1.82, 2.24) is 0 Å². The van der Waals surface area contributed by atoms with Crippen molar-refractivity contribution in [2.24, 2.45) is 17.8 Å². The van der Waals surface area contributed by atoms with Crippen LogP contribution in [0, 0.1) is 17.8 Å². The molecular formula is C11H22O2. The summed E-state index contributed by atoms with van der Waals surface area (Å²) in [5, 5.41) is 0. The standard InChI is InChI=1S/C11H22O2/c1-6-10-8(3)7(2)9(4)11(12-5)13-10/h7-11H,6H2,1-5H3/t7-,8+,9?,10?,11+/m0/s1. The van der Waals surface area contributed by atoms with Crippen molar-refractivity contribution in [3.63, 3.8) is 0 Å². The van der Waals surface area contributed by atoms with Crippen molar-refractivity contribution in [3.05, 3.63) is 0 Å². The smallest absolute Gasteiger partial charge is 0.160 e. The van der Waals surface area contributed by atoms with Crippen LogP contribution in [-0.2, 0) is 9.47 Å². The summed E-state index contributed by atoms with van der Waals surface area (Å²) in [5.41, 5.74) is 0. The van der Waals surface area contributed by atoms with Gasteiger partial charge in [-0.25, -0.2) is 0 Å². The monoisotopic (exact) mass is 186 g/mol. The van der Waals surface area contributed by atoms with Crippen LogP contribution < -0.4 is 0 Å². The highest BCUT2D eigenvalue weighted by atomic mass is 16.7. The van der Waals surface area contributed by atoms with Gasteiger partial charge in [-0.15, -0.1) is 0 Å². The van der Waals surface area contributed by atoms with Gasteiger partial charge in [-0.05, 0) is 18.3 Å². The van der Waals surface area contributed by atoms with Gasteiger partial charge in [0.25, 0.3) is 0 Å². The van der Waals surface area contributed by atoms with E-state index in [-0.39, 0.29) is 6.29 Å². The van der Waals surface area contributed by atoms with Crippen LogP contribution in [-0.4, -0.2) is 19.5 Å². The van der Waals surface area contributed by atoms with Crippen molar-refractivity contribution in [3.8, 4) is 0 Å². The molecule has 0 amide bonds. The largest absolute Gasteiger partial charge is 0.356 e. The van der Waals surface area contributed by atoms with Gasteiger partial charge in [0.15, 0.2) is 6.29 Å². The third-order valence-corrected chi connectivity index (χ3v) is 3.62. The van der Waals surface area contributed by atoms with Gasteiger partial charge in [0, 0.05) is 13.0 Å². The summed E-state index contributed by atoms with van der Waals surface area (Å²) in [6.45, 7) is 8.96. The molecular weight excluding hydrogens is 164 g/mol.